The third kappa shape index (κ3) is 7.89. The number of benzene rings is 1. The average molecular weight is 395 g/mol. The number of hydrogen-bond acceptors (Lipinski definition) is 6. The van der Waals surface area contributed by atoms with Crippen molar-refractivity contribution in [1.82, 2.24) is 0 Å². The summed E-state index contributed by atoms with van der Waals surface area (Å²) in [6, 6.07) is 1.63. The summed E-state index contributed by atoms with van der Waals surface area (Å²) < 4.78 is 0. The molecule has 1 aromatic rings. The number of carboxylic acid groups (broad SMARTS) is 1. The van der Waals surface area contributed by atoms with Crippen LogP contribution in [-0.4, -0.2) is 27.5 Å². The molecule has 0 aliphatic heterocycles. The van der Waals surface area contributed by atoms with Gasteiger partial charge >= 0.3 is 5.97 Å². The van der Waals surface area contributed by atoms with E-state index in [2.05, 4.69) is 12.2 Å². The van der Waals surface area contributed by atoms with Crippen molar-refractivity contribution < 1.29 is 19.7 Å². The van der Waals surface area contributed by atoms with Gasteiger partial charge in [0.2, 0.25) is 0 Å². The highest BCUT2D eigenvalue weighted by Crippen LogP contribution is 2.33. The first kappa shape index (κ1) is 23.3. The Bertz CT molecular complexity index is 643. The maximum Gasteiger partial charge on any atom is 0.338 e. The van der Waals surface area contributed by atoms with Gasteiger partial charge in [-0.05, 0) is 6.42 Å². The van der Waals surface area contributed by atoms with Crippen LogP contribution in [0, 0.1) is 20.2 Å². The predicted octanol–water partition coefficient (Wildman–Crippen LogP) is 5.53. The Balaban J connectivity index is 2.52. The minimum atomic E-state index is -1.45. The fourth-order valence-corrected chi connectivity index (χ4v) is 3.04. The van der Waals surface area contributed by atoms with Crippen molar-refractivity contribution in [3.8, 4) is 0 Å². The monoisotopic (exact) mass is 395 g/mol. The fraction of sp³-hybridized carbons (Fsp3) is 0.632. The van der Waals surface area contributed by atoms with Crippen LogP contribution in [0.3, 0.4) is 0 Å². The SMILES string of the molecule is CCCCCCCCCCCCNc1c(C(=O)O)cc([N+](=O)[O-])cc1[N+](=O)[O-]. The van der Waals surface area contributed by atoms with E-state index in [0.717, 1.165) is 37.8 Å². The Kier molecular flexibility index (Phi) is 10.5. The molecule has 0 aromatic heterocycles. The predicted molar refractivity (Wildman–Crippen MR) is 107 cm³/mol. The first-order valence-corrected chi connectivity index (χ1v) is 9.82. The number of aromatic carboxylic acids is 1. The molecule has 0 atom stereocenters. The van der Waals surface area contributed by atoms with E-state index in [1.165, 1.54) is 38.5 Å². The molecule has 28 heavy (non-hydrogen) atoms. The summed E-state index contributed by atoms with van der Waals surface area (Å²) in [4.78, 5) is 31.9. The van der Waals surface area contributed by atoms with Crippen molar-refractivity contribution in [2.45, 2.75) is 71.1 Å². The topological polar surface area (TPSA) is 136 Å². The van der Waals surface area contributed by atoms with Crippen LogP contribution >= 0.6 is 0 Å². The van der Waals surface area contributed by atoms with Crippen molar-refractivity contribution in [1.29, 1.82) is 0 Å². The molecule has 0 spiro atoms. The van der Waals surface area contributed by atoms with Gasteiger partial charge in [-0.3, -0.25) is 20.2 Å². The lowest BCUT2D eigenvalue weighted by atomic mass is 10.1. The van der Waals surface area contributed by atoms with Gasteiger partial charge in [0, 0.05) is 12.6 Å². The van der Waals surface area contributed by atoms with Gasteiger partial charge in [0.05, 0.1) is 21.5 Å². The summed E-state index contributed by atoms with van der Waals surface area (Å²) in [5.74, 6) is -1.45. The second-order valence-corrected chi connectivity index (χ2v) is 6.82. The molecule has 0 radical (unpaired) electrons. The molecule has 2 N–H and O–H groups in total. The number of carboxylic acids is 1. The smallest absolute Gasteiger partial charge is 0.338 e. The Hall–Kier alpha value is -2.71. The maximum absolute atomic E-state index is 11.4. The zero-order chi connectivity index (χ0) is 20.9. The molecular formula is C19H29N3O6. The molecule has 0 aliphatic rings. The first-order valence-electron chi connectivity index (χ1n) is 9.82. The molecule has 0 fully saturated rings. The van der Waals surface area contributed by atoms with Crippen molar-refractivity contribution in [2.75, 3.05) is 11.9 Å². The van der Waals surface area contributed by atoms with Gasteiger partial charge in [0.15, 0.2) is 0 Å². The van der Waals surface area contributed by atoms with Crippen LogP contribution in [0.2, 0.25) is 0 Å². The second-order valence-electron chi connectivity index (χ2n) is 6.82. The number of hydrogen-bond donors (Lipinski definition) is 2. The molecule has 9 heteroatoms. The highest BCUT2D eigenvalue weighted by molar-refractivity contribution is 5.98. The van der Waals surface area contributed by atoms with Gasteiger partial charge in [-0.15, -0.1) is 0 Å². The highest BCUT2D eigenvalue weighted by atomic mass is 16.6. The number of unbranched alkanes of at least 4 members (excludes halogenated alkanes) is 9. The Morgan fingerprint density at radius 3 is 1.93 bits per heavy atom. The number of nitro benzene ring substituents is 2. The Labute approximate surface area is 164 Å². The van der Waals surface area contributed by atoms with E-state index in [1.807, 2.05) is 0 Å². The zero-order valence-electron chi connectivity index (χ0n) is 16.3. The van der Waals surface area contributed by atoms with Crippen LogP contribution in [0.4, 0.5) is 17.1 Å². The third-order valence-corrected chi connectivity index (χ3v) is 4.57. The lowest BCUT2D eigenvalue weighted by Crippen LogP contribution is -2.11. The van der Waals surface area contributed by atoms with Crippen molar-refractivity contribution in [2.24, 2.45) is 0 Å². The summed E-state index contributed by atoms with van der Waals surface area (Å²) >= 11 is 0. The fourth-order valence-electron chi connectivity index (χ4n) is 3.04. The number of nitrogens with one attached hydrogen (secondary N) is 1. The lowest BCUT2D eigenvalue weighted by Gasteiger charge is -2.10. The van der Waals surface area contributed by atoms with Gasteiger partial charge in [0.25, 0.3) is 11.4 Å². The van der Waals surface area contributed by atoms with E-state index in [-0.39, 0.29) is 5.69 Å². The third-order valence-electron chi connectivity index (χ3n) is 4.57. The van der Waals surface area contributed by atoms with Gasteiger partial charge in [-0.25, -0.2) is 4.79 Å². The molecule has 0 saturated heterocycles. The van der Waals surface area contributed by atoms with Crippen molar-refractivity contribution in [3.63, 3.8) is 0 Å². The molecule has 0 bridgehead atoms. The Morgan fingerprint density at radius 2 is 1.46 bits per heavy atom. The summed E-state index contributed by atoms with van der Waals surface area (Å²) in [6.07, 6.45) is 11.4. The van der Waals surface area contributed by atoms with Crippen molar-refractivity contribution >= 4 is 23.0 Å². The van der Waals surface area contributed by atoms with Crippen molar-refractivity contribution in [3.05, 3.63) is 37.9 Å². The summed E-state index contributed by atoms with van der Waals surface area (Å²) in [6.45, 7) is 2.56. The zero-order valence-corrected chi connectivity index (χ0v) is 16.3. The van der Waals surface area contributed by atoms with E-state index < -0.39 is 32.8 Å². The quantitative estimate of drug-likeness (QED) is 0.226. The van der Waals surface area contributed by atoms with Crippen LogP contribution in [-0.2, 0) is 0 Å². The number of nitrogens with zero attached hydrogens (tertiary/aromatic N) is 2. The Morgan fingerprint density at radius 1 is 0.929 bits per heavy atom. The van der Waals surface area contributed by atoms with E-state index in [9.17, 15) is 30.1 Å². The molecule has 0 unspecified atom stereocenters. The van der Waals surface area contributed by atoms with E-state index in [0.29, 0.717) is 6.54 Å². The van der Waals surface area contributed by atoms with Crippen LogP contribution in [0.25, 0.3) is 0 Å². The summed E-state index contributed by atoms with van der Waals surface area (Å²) in [7, 11) is 0. The van der Waals surface area contributed by atoms with E-state index in [4.69, 9.17) is 0 Å². The molecule has 1 rings (SSSR count). The van der Waals surface area contributed by atoms with Crippen LogP contribution in [0.1, 0.15) is 81.5 Å². The molecular weight excluding hydrogens is 366 g/mol. The summed E-state index contributed by atoms with van der Waals surface area (Å²) in [5.41, 5.74) is -1.86. The first-order chi connectivity index (χ1) is 13.4. The van der Waals surface area contributed by atoms with Gasteiger partial charge < -0.3 is 10.4 Å². The number of non-ortho nitro benzene ring substituents is 1. The maximum atomic E-state index is 11.4. The van der Waals surface area contributed by atoms with Gasteiger partial charge in [0.1, 0.15) is 5.69 Å². The molecule has 0 saturated carbocycles. The number of rotatable bonds is 15. The standard InChI is InChI=1S/C19H29N3O6/c1-2-3-4-5-6-7-8-9-10-11-12-20-18-16(19(23)24)13-15(21(25)26)14-17(18)22(27)28/h13-14,20H,2-12H2,1H3,(H,23,24). The number of carbonyl (C=O) groups is 1. The minimum absolute atomic E-state index is 0.181. The molecule has 0 heterocycles. The minimum Gasteiger partial charge on any atom is -0.478 e. The lowest BCUT2D eigenvalue weighted by molar-refractivity contribution is -0.393. The highest BCUT2D eigenvalue weighted by Gasteiger charge is 2.27. The largest absolute Gasteiger partial charge is 0.478 e. The van der Waals surface area contributed by atoms with Gasteiger partial charge in [-0.2, -0.15) is 0 Å². The van der Waals surface area contributed by atoms with Crippen LogP contribution in [0.15, 0.2) is 12.1 Å². The number of anilines is 1. The molecule has 9 nitrogen and oxygen atoms in total. The molecule has 0 amide bonds. The van der Waals surface area contributed by atoms with Gasteiger partial charge in [-0.1, -0.05) is 64.7 Å². The molecule has 0 aliphatic carbocycles. The van der Waals surface area contributed by atoms with Crippen LogP contribution in [0.5, 0.6) is 0 Å². The number of nitro groups is 2. The normalized spacial score (nSPS) is 10.6. The van der Waals surface area contributed by atoms with E-state index in [1.54, 1.807) is 0 Å². The molecule has 1 aromatic carbocycles. The molecule has 156 valence electrons. The second kappa shape index (κ2) is 12.6. The average Bonchev–Trinajstić information content (AvgIpc) is 2.65. The van der Waals surface area contributed by atoms with E-state index >= 15 is 0 Å². The van der Waals surface area contributed by atoms with Crippen LogP contribution < -0.4 is 5.32 Å². The summed E-state index contributed by atoms with van der Waals surface area (Å²) in [5, 5.41) is 34.2.